The van der Waals surface area contributed by atoms with Crippen LogP contribution in [0.3, 0.4) is 0 Å². The first-order valence-electron chi connectivity index (χ1n) is 10.8. The van der Waals surface area contributed by atoms with Crippen LogP contribution in [0.1, 0.15) is 26.4 Å². The molecule has 0 saturated heterocycles. The van der Waals surface area contributed by atoms with E-state index in [0.717, 1.165) is 39.9 Å². The number of carbonyl (C=O) groups is 2. The number of rotatable bonds is 7. The van der Waals surface area contributed by atoms with E-state index in [4.69, 9.17) is 4.74 Å². The zero-order valence-electron chi connectivity index (χ0n) is 19.0. The number of nitrogens with zero attached hydrogens (tertiary/aromatic N) is 2. The van der Waals surface area contributed by atoms with Crippen molar-refractivity contribution in [1.29, 1.82) is 0 Å². The fourth-order valence-corrected chi connectivity index (χ4v) is 4.66. The van der Waals surface area contributed by atoms with Gasteiger partial charge in [0.15, 0.2) is 0 Å². The Bertz CT molecular complexity index is 1480. The van der Waals surface area contributed by atoms with Crippen LogP contribution in [0.5, 0.6) is 0 Å². The topological polar surface area (TPSA) is 90.3 Å². The van der Waals surface area contributed by atoms with Crippen LogP contribution in [0.15, 0.2) is 65.7 Å². The highest BCUT2D eigenvalue weighted by Gasteiger charge is 2.33. The van der Waals surface area contributed by atoms with E-state index in [1.807, 2.05) is 30.3 Å². The predicted octanol–water partition coefficient (Wildman–Crippen LogP) is 4.82. The molecule has 2 heterocycles. The molecule has 0 unspecified atom stereocenters. The molecular formula is C25H20F3N3O4S. The number of thiophene rings is 1. The zero-order valence-corrected chi connectivity index (χ0v) is 19.8. The van der Waals surface area contributed by atoms with Crippen LogP contribution in [0.25, 0.3) is 10.2 Å². The first kappa shape index (κ1) is 25.1. The van der Waals surface area contributed by atoms with Crippen LogP contribution in [0.4, 0.5) is 18.9 Å². The van der Waals surface area contributed by atoms with E-state index in [0.29, 0.717) is 16.8 Å². The summed E-state index contributed by atoms with van der Waals surface area (Å²) in [4.78, 5) is 42.8. The quantitative estimate of drug-likeness (QED) is 0.357. The highest BCUT2D eigenvalue weighted by atomic mass is 32.1. The Morgan fingerprint density at radius 2 is 1.78 bits per heavy atom. The summed E-state index contributed by atoms with van der Waals surface area (Å²) >= 11 is 1.00. The summed E-state index contributed by atoms with van der Waals surface area (Å²) in [5, 5.41) is 2.35. The lowest BCUT2D eigenvalue weighted by atomic mass is 10.1. The van der Waals surface area contributed by atoms with Gasteiger partial charge in [-0.1, -0.05) is 42.5 Å². The van der Waals surface area contributed by atoms with Gasteiger partial charge in [-0.3, -0.25) is 14.2 Å². The van der Waals surface area contributed by atoms with Gasteiger partial charge in [-0.15, -0.1) is 11.3 Å². The van der Waals surface area contributed by atoms with Crippen molar-refractivity contribution in [2.45, 2.75) is 26.1 Å². The Balaban J connectivity index is 1.50. The second-order valence-electron chi connectivity index (χ2n) is 7.88. The lowest BCUT2D eigenvalue weighted by Gasteiger charge is -2.13. The smallest absolute Gasteiger partial charge is 0.418 e. The normalized spacial score (nSPS) is 11.4. The van der Waals surface area contributed by atoms with Gasteiger partial charge in [0.25, 0.3) is 5.56 Å². The summed E-state index contributed by atoms with van der Waals surface area (Å²) in [5.41, 5.74) is -0.613. The van der Waals surface area contributed by atoms with Crippen LogP contribution in [-0.4, -0.2) is 28.0 Å². The second-order valence-corrected chi connectivity index (χ2v) is 8.88. The maximum Gasteiger partial charge on any atom is 0.418 e. The minimum absolute atomic E-state index is 0.154. The molecule has 0 atom stereocenters. The van der Waals surface area contributed by atoms with Crippen LogP contribution in [-0.2, 0) is 28.7 Å². The first-order valence-corrected chi connectivity index (χ1v) is 11.6. The maximum atomic E-state index is 13.2. The number of anilines is 1. The monoisotopic (exact) mass is 515 g/mol. The number of fused-ring (bicyclic) bond motifs is 1. The molecule has 4 aromatic rings. The number of amides is 1. The highest BCUT2D eigenvalue weighted by Crippen LogP contribution is 2.34. The van der Waals surface area contributed by atoms with Crippen LogP contribution < -0.4 is 10.9 Å². The van der Waals surface area contributed by atoms with Crippen molar-refractivity contribution < 1.29 is 27.5 Å². The Hall–Kier alpha value is -3.99. The van der Waals surface area contributed by atoms with Crippen molar-refractivity contribution in [3.05, 3.63) is 92.8 Å². The van der Waals surface area contributed by atoms with Crippen molar-refractivity contribution in [3.63, 3.8) is 0 Å². The second kappa shape index (κ2) is 10.3. The Morgan fingerprint density at radius 1 is 1.08 bits per heavy atom. The van der Waals surface area contributed by atoms with Crippen LogP contribution in [0, 0.1) is 6.92 Å². The lowest BCUT2D eigenvalue weighted by molar-refractivity contribution is -0.137. The summed E-state index contributed by atoms with van der Waals surface area (Å²) in [6.07, 6.45) is -2.99. The van der Waals surface area contributed by atoms with E-state index in [-0.39, 0.29) is 16.9 Å². The molecular weight excluding hydrogens is 495 g/mol. The molecule has 36 heavy (non-hydrogen) atoms. The molecule has 7 nitrogen and oxygen atoms in total. The minimum atomic E-state index is -4.65. The molecule has 4 rings (SSSR count). The number of nitrogens with one attached hydrogen (secondary N) is 1. The number of aromatic nitrogens is 2. The van der Waals surface area contributed by atoms with Gasteiger partial charge in [0.2, 0.25) is 5.91 Å². The van der Waals surface area contributed by atoms with Crippen LogP contribution >= 0.6 is 11.3 Å². The average Bonchev–Trinajstić information content (AvgIpc) is 3.18. The van der Waals surface area contributed by atoms with E-state index in [1.165, 1.54) is 12.1 Å². The third-order valence-electron chi connectivity index (χ3n) is 5.39. The number of alkyl halides is 3. The summed E-state index contributed by atoms with van der Waals surface area (Å²) in [6.45, 7) is 1.19. The molecule has 186 valence electrons. The number of ether oxygens (including phenoxy) is 1. The molecule has 0 radical (unpaired) electrons. The number of hydrogen-bond acceptors (Lipinski definition) is 6. The number of para-hydroxylation sites is 1. The van der Waals surface area contributed by atoms with Crippen molar-refractivity contribution in [2.24, 2.45) is 0 Å². The van der Waals surface area contributed by atoms with Gasteiger partial charge in [0.05, 0.1) is 29.6 Å². The predicted molar refractivity (Wildman–Crippen MR) is 129 cm³/mol. The largest absolute Gasteiger partial charge is 0.461 e. The molecule has 0 spiro atoms. The summed E-state index contributed by atoms with van der Waals surface area (Å²) < 4.78 is 45.9. The van der Waals surface area contributed by atoms with Gasteiger partial charge in [-0.2, -0.15) is 13.2 Å². The van der Waals surface area contributed by atoms with Gasteiger partial charge in [-0.05, 0) is 30.2 Å². The molecule has 1 amide bonds. The number of benzene rings is 2. The van der Waals surface area contributed by atoms with E-state index < -0.39 is 41.4 Å². The fraction of sp³-hybridized carbons (Fsp3) is 0.200. The molecule has 1 N–H and O–H groups in total. The number of halogens is 3. The molecule has 2 aromatic carbocycles. The van der Waals surface area contributed by atoms with Crippen molar-refractivity contribution in [3.8, 4) is 0 Å². The maximum absolute atomic E-state index is 13.2. The van der Waals surface area contributed by atoms with Crippen molar-refractivity contribution in [2.75, 3.05) is 11.9 Å². The first-order chi connectivity index (χ1) is 17.1. The standard InChI is InChI=1S/C25H20F3N3O4S/c1-15-20-22(36-21(15)24(34)35-12-11-16-7-3-2-4-8-16)29-14-31(23(20)33)13-19(32)30-18-10-6-5-9-17(18)25(26,27)28/h2-10,14H,11-13H2,1H3,(H,30,32). The highest BCUT2D eigenvalue weighted by molar-refractivity contribution is 7.20. The molecule has 0 aliphatic rings. The van der Waals surface area contributed by atoms with Crippen molar-refractivity contribution in [1.82, 2.24) is 9.55 Å². The molecule has 0 saturated carbocycles. The van der Waals surface area contributed by atoms with E-state index >= 15 is 0 Å². The Kier molecular flexibility index (Phi) is 7.20. The third-order valence-corrected chi connectivity index (χ3v) is 6.57. The Morgan fingerprint density at radius 3 is 2.50 bits per heavy atom. The van der Waals surface area contributed by atoms with E-state index in [9.17, 15) is 27.6 Å². The number of aryl methyl sites for hydroxylation is 1. The number of hydrogen-bond donors (Lipinski definition) is 1. The Labute approximate surface area is 207 Å². The van der Waals surface area contributed by atoms with Crippen LogP contribution in [0.2, 0.25) is 0 Å². The van der Waals surface area contributed by atoms with Gasteiger partial charge in [0.1, 0.15) is 16.3 Å². The summed E-state index contributed by atoms with van der Waals surface area (Å²) in [5.74, 6) is -1.41. The molecule has 11 heteroatoms. The van der Waals surface area contributed by atoms with Gasteiger partial charge < -0.3 is 10.1 Å². The van der Waals surface area contributed by atoms with Crippen molar-refractivity contribution >= 4 is 39.1 Å². The third kappa shape index (κ3) is 5.46. The van der Waals surface area contributed by atoms with Gasteiger partial charge in [0, 0.05) is 6.42 Å². The van der Waals surface area contributed by atoms with Gasteiger partial charge in [-0.25, -0.2) is 9.78 Å². The SMILES string of the molecule is Cc1c(C(=O)OCCc2ccccc2)sc2ncn(CC(=O)Nc3ccccc3C(F)(F)F)c(=O)c12. The minimum Gasteiger partial charge on any atom is -0.461 e. The molecule has 2 aromatic heterocycles. The van der Waals surface area contributed by atoms with Gasteiger partial charge >= 0.3 is 12.1 Å². The average molecular weight is 516 g/mol. The lowest BCUT2D eigenvalue weighted by Crippen LogP contribution is -2.28. The van der Waals surface area contributed by atoms with E-state index in [2.05, 4.69) is 10.3 Å². The number of esters is 1. The summed E-state index contributed by atoms with van der Waals surface area (Å²) in [6, 6.07) is 14.1. The molecule has 0 aliphatic heterocycles. The van der Waals surface area contributed by atoms with E-state index in [1.54, 1.807) is 6.92 Å². The molecule has 0 aliphatic carbocycles. The fourth-order valence-electron chi connectivity index (χ4n) is 3.62. The number of carbonyl (C=O) groups excluding carboxylic acids is 2. The zero-order chi connectivity index (χ0) is 25.9. The summed E-state index contributed by atoms with van der Waals surface area (Å²) in [7, 11) is 0. The molecule has 0 fully saturated rings. The molecule has 0 bridgehead atoms.